The second kappa shape index (κ2) is 3.51. The molecular formula is C9H8ClN3O2. The van der Waals surface area contributed by atoms with Crippen LogP contribution in [0.3, 0.4) is 0 Å². The van der Waals surface area contributed by atoms with E-state index in [0.717, 1.165) is 5.56 Å². The Labute approximate surface area is 89.1 Å². The van der Waals surface area contributed by atoms with Gasteiger partial charge in [-0.1, -0.05) is 18.5 Å². The molecule has 2 N–H and O–H groups in total. The van der Waals surface area contributed by atoms with Crippen molar-refractivity contribution >= 4 is 22.6 Å². The van der Waals surface area contributed by atoms with Crippen LogP contribution in [-0.4, -0.2) is 15.0 Å². The Morgan fingerprint density at radius 3 is 2.80 bits per heavy atom. The summed E-state index contributed by atoms with van der Waals surface area (Å²) in [6, 6.07) is 1.64. The van der Waals surface area contributed by atoms with Crippen LogP contribution in [0.15, 0.2) is 15.7 Å². The SMILES string of the molecule is CCc1cc(Cl)nc2c(=O)[nH]c(=O)[nH]c12. The Kier molecular flexibility index (Phi) is 2.32. The molecule has 2 aromatic heterocycles. The van der Waals surface area contributed by atoms with Crippen molar-refractivity contribution in [3.8, 4) is 0 Å². The summed E-state index contributed by atoms with van der Waals surface area (Å²) in [5.74, 6) is 0. The summed E-state index contributed by atoms with van der Waals surface area (Å²) in [7, 11) is 0. The summed E-state index contributed by atoms with van der Waals surface area (Å²) in [6.07, 6.45) is 0.665. The molecule has 0 unspecified atom stereocenters. The summed E-state index contributed by atoms with van der Waals surface area (Å²) in [6.45, 7) is 1.91. The zero-order chi connectivity index (χ0) is 11.0. The highest BCUT2D eigenvalue weighted by Gasteiger charge is 2.07. The van der Waals surface area contributed by atoms with Gasteiger partial charge in [-0.3, -0.25) is 9.78 Å². The van der Waals surface area contributed by atoms with Crippen LogP contribution in [0, 0.1) is 0 Å². The highest BCUT2D eigenvalue weighted by molar-refractivity contribution is 6.29. The molecule has 0 aromatic carbocycles. The van der Waals surface area contributed by atoms with Crippen LogP contribution in [0.1, 0.15) is 12.5 Å². The van der Waals surface area contributed by atoms with Crippen molar-refractivity contribution in [2.45, 2.75) is 13.3 Å². The van der Waals surface area contributed by atoms with Crippen molar-refractivity contribution in [1.82, 2.24) is 15.0 Å². The van der Waals surface area contributed by atoms with Gasteiger partial charge in [0.15, 0.2) is 5.52 Å². The lowest BCUT2D eigenvalue weighted by molar-refractivity contribution is 1.04. The van der Waals surface area contributed by atoms with Crippen molar-refractivity contribution in [2.75, 3.05) is 0 Å². The quantitative estimate of drug-likeness (QED) is 0.706. The van der Waals surface area contributed by atoms with E-state index in [2.05, 4.69) is 15.0 Å². The van der Waals surface area contributed by atoms with E-state index in [1.807, 2.05) is 6.92 Å². The Balaban J connectivity index is 3.03. The molecule has 0 aliphatic rings. The minimum absolute atomic E-state index is 0.166. The number of nitrogens with zero attached hydrogens (tertiary/aromatic N) is 1. The predicted molar refractivity (Wildman–Crippen MR) is 57.4 cm³/mol. The van der Waals surface area contributed by atoms with Crippen LogP contribution in [0.5, 0.6) is 0 Å². The highest BCUT2D eigenvalue weighted by Crippen LogP contribution is 2.15. The number of pyridine rings is 1. The number of hydrogen-bond acceptors (Lipinski definition) is 3. The van der Waals surface area contributed by atoms with E-state index in [1.54, 1.807) is 6.07 Å². The van der Waals surface area contributed by atoms with Crippen LogP contribution in [0.25, 0.3) is 11.0 Å². The summed E-state index contributed by atoms with van der Waals surface area (Å²) in [4.78, 5) is 31.0. The van der Waals surface area contributed by atoms with Gasteiger partial charge in [-0.25, -0.2) is 9.78 Å². The molecule has 15 heavy (non-hydrogen) atoms. The molecule has 0 aliphatic heterocycles. The van der Waals surface area contributed by atoms with E-state index in [9.17, 15) is 9.59 Å². The van der Waals surface area contributed by atoms with Crippen LogP contribution >= 0.6 is 11.6 Å². The second-order valence-corrected chi connectivity index (χ2v) is 3.48. The molecule has 0 aliphatic carbocycles. The Morgan fingerprint density at radius 1 is 1.40 bits per heavy atom. The van der Waals surface area contributed by atoms with Gasteiger partial charge in [-0.2, -0.15) is 0 Å². The molecule has 0 radical (unpaired) electrons. The summed E-state index contributed by atoms with van der Waals surface area (Å²) in [5.41, 5.74) is 0.361. The van der Waals surface area contributed by atoms with Gasteiger partial charge in [0.05, 0.1) is 5.52 Å². The fraction of sp³-hybridized carbons (Fsp3) is 0.222. The molecular weight excluding hydrogens is 218 g/mol. The van der Waals surface area contributed by atoms with E-state index in [-0.39, 0.29) is 10.7 Å². The molecule has 0 bridgehead atoms. The minimum Gasteiger partial charge on any atom is -0.305 e. The maximum Gasteiger partial charge on any atom is 0.326 e. The van der Waals surface area contributed by atoms with Crippen LogP contribution < -0.4 is 11.2 Å². The standard InChI is InChI=1S/C9H8ClN3O2/c1-2-4-3-5(10)11-7-6(4)12-9(15)13-8(7)14/h3H,2H2,1H3,(H2,12,13,14,15). The fourth-order valence-corrected chi connectivity index (χ4v) is 1.67. The number of rotatable bonds is 1. The smallest absolute Gasteiger partial charge is 0.305 e. The first-order chi connectivity index (χ1) is 7.11. The zero-order valence-corrected chi connectivity index (χ0v) is 8.68. The van der Waals surface area contributed by atoms with Gasteiger partial charge in [-0.15, -0.1) is 0 Å². The van der Waals surface area contributed by atoms with E-state index in [1.165, 1.54) is 0 Å². The predicted octanol–water partition coefficient (Wildman–Crippen LogP) is 0.827. The van der Waals surface area contributed by atoms with Gasteiger partial charge in [0, 0.05) is 0 Å². The lowest BCUT2D eigenvalue weighted by Crippen LogP contribution is -2.23. The Bertz CT molecular complexity index is 629. The molecule has 0 fully saturated rings. The average Bonchev–Trinajstić information content (AvgIpc) is 2.18. The molecule has 78 valence electrons. The minimum atomic E-state index is -0.536. The molecule has 6 heteroatoms. The molecule has 0 saturated carbocycles. The number of aryl methyl sites for hydroxylation is 1. The largest absolute Gasteiger partial charge is 0.326 e. The zero-order valence-electron chi connectivity index (χ0n) is 7.93. The molecule has 0 amide bonds. The van der Waals surface area contributed by atoms with Gasteiger partial charge < -0.3 is 4.98 Å². The van der Waals surface area contributed by atoms with Gasteiger partial charge >= 0.3 is 5.69 Å². The van der Waals surface area contributed by atoms with Crippen molar-refractivity contribution in [1.29, 1.82) is 0 Å². The number of aromatic nitrogens is 3. The van der Waals surface area contributed by atoms with Crippen molar-refractivity contribution in [3.63, 3.8) is 0 Å². The van der Waals surface area contributed by atoms with Gasteiger partial charge in [0.25, 0.3) is 5.56 Å². The summed E-state index contributed by atoms with van der Waals surface area (Å²) < 4.78 is 0. The van der Waals surface area contributed by atoms with Crippen molar-refractivity contribution < 1.29 is 0 Å². The van der Waals surface area contributed by atoms with E-state index in [4.69, 9.17) is 11.6 Å². The van der Waals surface area contributed by atoms with E-state index in [0.29, 0.717) is 11.9 Å². The van der Waals surface area contributed by atoms with Crippen molar-refractivity contribution in [2.24, 2.45) is 0 Å². The normalized spacial score (nSPS) is 10.8. The Hall–Kier alpha value is -1.62. The maximum absolute atomic E-state index is 11.4. The topological polar surface area (TPSA) is 78.6 Å². The monoisotopic (exact) mass is 225 g/mol. The van der Waals surface area contributed by atoms with Crippen LogP contribution in [0.2, 0.25) is 5.15 Å². The molecule has 2 aromatic rings. The summed E-state index contributed by atoms with van der Waals surface area (Å²) in [5, 5.41) is 0.247. The maximum atomic E-state index is 11.4. The third-order valence-electron chi connectivity index (χ3n) is 2.13. The first-order valence-electron chi connectivity index (χ1n) is 4.43. The first kappa shape index (κ1) is 9.92. The third kappa shape index (κ3) is 1.66. The molecule has 2 heterocycles. The van der Waals surface area contributed by atoms with Gasteiger partial charge in [0.1, 0.15) is 5.15 Å². The van der Waals surface area contributed by atoms with Gasteiger partial charge in [-0.05, 0) is 18.1 Å². The highest BCUT2D eigenvalue weighted by atomic mass is 35.5. The fourth-order valence-electron chi connectivity index (χ4n) is 1.45. The van der Waals surface area contributed by atoms with E-state index >= 15 is 0 Å². The number of fused-ring (bicyclic) bond motifs is 1. The summed E-state index contributed by atoms with van der Waals surface area (Å²) >= 11 is 5.76. The number of H-pyrrole nitrogens is 2. The third-order valence-corrected chi connectivity index (χ3v) is 2.33. The average molecular weight is 226 g/mol. The second-order valence-electron chi connectivity index (χ2n) is 3.09. The molecule has 0 atom stereocenters. The lowest BCUT2D eigenvalue weighted by Gasteiger charge is -2.02. The first-order valence-corrected chi connectivity index (χ1v) is 4.81. The van der Waals surface area contributed by atoms with E-state index < -0.39 is 11.2 Å². The Morgan fingerprint density at radius 2 is 2.13 bits per heavy atom. The lowest BCUT2D eigenvalue weighted by atomic mass is 10.2. The van der Waals surface area contributed by atoms with Crippen molar-refractivity contribution in [3.05, 3.63) is 37.6 Å². The van der Waals surface area contributed by atoms with Crippen LogP contribution in [0.4, 0.5) is 0 Å². The molecule has 0 spiro atoms. The molecule has 5 nitrogen and oxygen atoms in total. The number of nitrogens with one attached hydrogen (secondary N) is 2. The molecule has 0 saturated heterocycles. The number of hydrogen-bond donors (Lipinski definition) is 2. The van der Waals surface area contributed by atoms with Crippen LogP contribution in [-0.2, 0) is 6.42 Å². The van der Waals surface area contributed by atoms with Gasteiger partial charge in [0.2, 0.25) is 0 Å². The number of halogens is 1. The number of aromatic amines is 2. The molecule has 2 rings (SSSR count).